The van der Waals surface area contributed by atoms with Crippen molar-refractivity contribution in [1.29, 1.82) is 0 Å². The quantitative estimate of drug-likeness (QED) is 0.661. The van der Waals surface area contributed by atoms with Crippen LogP contribution in [-0.2, 0) is 4.79 Å². The van der Waals surface area contributed by atoms with Crippen molar-refractivity contribution in [2.75, 3.05) is 18.8 Å². The van der Waals surface area contributed by atoms with E-state index in [1.807, 2.05) is 13.8 Å². The van der Waals surface area contributed by atoms with Crippen LogP contribution in [0.25, 0.3) is 0 Å². The molecule has 1 aromatic carbocycles. The van der Waals surface area contributed by atoms with Gasteiger partial charge in [-0.1, -0.05) is 0 Å². The topological polar surface area (TPSA) is 46.3 Å². The summed E-state index contributed by atoms with van der Waals surface area (Å²) in [6.45, 7) is 7.00. The molecule has 3 nitrogen and oxygen atoms in total. The van der Waals surface area contributed by atoms with Gasteiger partial charge >= 0.3 is 0 Å². The molecule has 0 radical (unpaired) electrons. The van der Waals surface area contributed by atoms with Crippen LogP contribution in [0.2, 0.25) is 0 Å². The highest BCUT2D eigenvalue weighted by atomic mass is 32.2. The Labute approximate surface area is 112 Å². The third-order valence-electron chi connectivity index (χ3n) is 2.68. The summed E-state index contributed by atoms with van der Waals surface area (Å²) in [6.07, 6.45) is 0. The number of rotatable bonds is 5. The summed E-state index contributed by atoms with van der Waals surface area (Å²) in [5, 5.41) is -0.303. The number of carbonyl (C=O) groups is 1. The van der Waals surface area contributed by atoms with Gasteiger partial charge in [0, 0.05) is 23.7 Å². The zero-order valence-electron chi connectivity index (χ0n) is 10.9. The molecule has 18 heavy (non-hydrogen) atoms. The van der Waals surface area contributed by atoms with Gasteiger partial charge in [0.25, 0.3) is 0 Å². The minimum absolute atomic E-state index is 0.0289. The number of halogens is 1. The van der Waals surface area contributed by atoms with Crippen molar-refractivity contribution in [3.63, 3.8) is 0 Å². The lowest BCUT2D eigenvalue weighted by molar-refractivity contribution is -0.129. The van der Waals surface area contributed by atoms with Crippen LogP contribution < -0.4 is 5.73 Å². The number of anilines is 1. The minimum Gasteiger partial charge on any atom is -0.399 e. The Morgan fingerprint density at radius 1 is 1.44 bits per heavy atom. The molecule has 2 N–H and O–H groups in total. The fourth-order valence-corrected chi connectivity index (χ4v) is 2.59. The number of hydrogen-bond acceptors (Lipinski definition) is 3. The highest BCUT2D eigenvalue weighted by Crippen LogP contribution is 2.28. The molecule has 1 aromatic rings. The lowest BCUT2D eigenvalue weighted by Gasteiger charge is -2.22. The molecule has 1 unspecified atom stereocenters. The molecule has 1 atom stereocenters. The van der Waals surface area contributed by atoms with E-state index in [-0.39, 0.29) is 17.0 Å². The molecule has 0 aromatic heterocycles. The Bertz CT molecular complexity index is 421. The van der Waals surface area contributed by atoms with Crippen molar-refractivity contribution in [3.05, 3.63) is 24.0 Å². The Balaban J connectivity index is 2.75. The first kappa shape index (κ1) is 14.8. The van der Waals surface area contributed by atoms with Gasteiger partial charge in [-0.15, -0.1) is 11.8 Å². The van der Waals surface area contributed by atoms with Crippen LogP contribution in [0.4, 0.5) is 10.1 Å². The Morgan fingerprint density at radius 3 is 2.56 bits per heavy atom. The van der Waals surface area contributed by atoms with E-state index in [4.69, 9.17) is 5.73 Å². The average Bonchev–Trinajstić information content (AvgIpc) is 2.34. The molecule has 100 valence electrons. The average molecular weight is 270 g/mol. The summed E-state index contributed by atoms with van der Waals surface area (Å²) in [7, 11) is 0. The third kappa shape index (κ3) is 3.63. The van der Waals surface area contributed by atoms with Gasteiger partial charge in [0.2, 0.25) is 5.91 Å². The van der Waals surface area contributed by atoms with Gasteiger partial charge in [-0.2, -0.15) is 0 Å². The summed E-state index contributed by atoms with van der Waals surface area (Å²) in [4.78, 5) is 14.2. The minimum atomic E-state index is -0.376. The molecule has 5 heteroatoms. The molecule has 0 aliphatic rings. The van der Waals surface area contributed by atoms with E-state index in [1.165, 1.54) is 17.8 Å². The number of hydrogen-bond donors (Lipinski definition) is 1. The number of nitrogen functional groups attached to an aromatic ring is 1. The fraction of sp³-hybridized carbons (Fsp3) is 0.462. The number of carbonyl (C=O) groups excluding carboxylic acids is 1. The predicted octanol–water partition coefficient (Wildman–Crippen LogP) is 2.76. The van der Waals surface area contributed by atoms with Crippen LogP contribution in [0.5, 0.6) is 0 Å². The molecule has 0 saturated heterocycles. The molecule has 0 saturated carbocycles. The van der Waals surface area contributed by atoms with Gasteiger partial charge in [-0.05, 0) is 39.0 Å². The monoisotopic (exact) mass is 270 g/mol. The zero-order chi connectivity index (χ0) is 13.7. The predicted molar refractivity (Wildman–Crippen MR) is 74.1 cm³/mol. The summed E-state index contributed by atoms with van der Waals surface area (Å²) in [6, 6.07) is 4.53. The number of nitrogens with zero attached hydrogens (tertiary/aromatic N) is 1. The van der Waals surface area contributed by atoms with E-state index in [1.54, 1.807) is 24.0 Å². The van der Waals surface area contributed by atoms with E-state index < -0.39 is 0 Å². The molecule has 0 bridgehead atoms. The van der Waals surface area contributed by atoms with Crippen LogP contribution in [0.1, 0.15) is 20.8 Å². The van der Waals surface area contributed by atoms with Crippen LogP contribution in [-0.4, -0.2) is 29.1 Å². The molecule has 1 amide bonds. The molecule has 0 fully saturated rings. The summed E-state index contributed by atoms with van der Waals surface area (Å²) in [5.74, 6) is -0.347. The highest BCUT2D eigenvalue weighted by molar-refractivity contribution is 8.00. The molecule has 0 aliphatic heterocycles. The van der Waals surface area contributed by atoms with E-state index in [0.717, 1.165) is 0 Å². The highest BCUT2D eigenvalue weighted by Gasteiger charge is 2.20. The van der Waals surface area contributed by atoms with E-state index in [9.17, 15) is 9.18 Å². The molecule has 0 aliphatic carbocycles. The Morgan fingerprint density at radius 2 is 2.06 bits per heavy atom. The maximum absolute atomic E-state index is 13.6. The van der Waals surface area contributed by atoms with E-state index in [2.05, 4.69) is 0 Å². The first-order chi connectivity index (χ1) is 8.49. The summed E-state index contributed by atoms with van der Waals surface area (Å²) >= 11 is 1.22. The lowest BCUT2D eigenvalue weighted by atomic mass is 10.3. The van der Waals surface area contributed by atoms with Gasteiger partial charge in [-0.25, -0.2) is 4.39 Å². The Hall–Kier alpha value is -1.23. The van der Waals surface area contributed by atoms with Gasteiger partial charge < -0.3 is 10.6 Å². The first-order valence-corrected chi connectivity index (χ1v) is 6.88. The van der Waals surface area contributed by atoms with Gasteiger partial charge in [0.05, 0.1) is 5.25 Å². The van der Waals surface area contributed by atoms with Crippen molar-refractivity contribution in [1.82, 2.24) is 4.90 Å². The summed E-state index contributed by atoms with van der Waals surface area (Å²) in [5.41, 5.74) is 5.87. The first-order valence-electron chi connectivity index (χ1n) is 6.00. The zero-order valence-corrected chi connectivity index (χ0v) is 11.8. The van der Waals surface area contributed by atoms with Crippen molar-refractivity contribution in [3.8, 4) is 0 Å². The molecule has 0 spiro atoms. The normalized spacial score (nSPS) is 12.2. The van der Waals surface area contributed by atoms with Crippen molar-refractivity contribution >= 4 is 23.4 Å². The molecular formula is C13H19FN2OS. The maximum Gasteiger partial charge on any atom is 0.235 e. The van der Waals surface area contributed by atoms with E-state index >= 15 is 0 Å². The number of amides is 1. The second-order valence-electron chi connectivity index (χ2n) is 3.96. The van der Waals surface area contributed by atoms with Gasteiger partial charge in [-0.3, -0.25) is 4.79 Å². The smallest absolute Gasteiger partial charge is 0.235 e. The Kier molecular flexibility index (Phi) is 5.47. The fourth-order valence-electron chi connectivity index (χ4n) is 1.65. The van der Waals surface area contributed by atoms with Crippen LogP contribution in [0.3, 0.4) is 0 Å². The van der Waals surface area contributed by atoms with Crippen LogP contribution in [0, 0.1) is 5.82 Å². The van der Waals surface area contributed by atoms with Crippen LogP contribution in [0.15, 0.2) is 23.1 Å². The van der Waals surface area contributed by atoms with Crippen molar-refractivity contribution in [2.24, 2.45) is 0 Å². The standard InChI is InChI=1S/C13H19FN2OS/c1-4-16(5-2)13(17)9(3)18-12-7-6-10(15)8-11(12)14/h6-9H,4-5,15H2,1-3H3. The van der Waals surface area contributed by atoms with Gasteiger partial charge in [0.1, 0.15) is 5.82 Å². The van der Waals surface area contributed by atoms with Crippen LogP contribution >= 0.6 is 11.8 Å². The number of benzene rings is 1. The molecule has 0 heterocycles. The second kappa shape index (κ2) is 6.64. The number of thioether (sulfide) groups is 1. The van der Waals surface area contributed by atoms with E-state index in [0.29, 0.717) is 23.7 Å². The number of nitrogens with two attached hydrogens (primary N) is 1. The SMILES string of the molecule is CCN(CC)C(=O)C(C)Sc1ccc(N)cc1F. The third-order valence-corrected chi connectivity index (χ3v) is 3.82. The summed E-state index contributed by atoms with van der Waals surface area (Å²) < 4.78 is 13.6. The van der Waals surface area contributed by atoms with Crippen molar-refractivity contribution in [2.45, 2.75) is 30.9 Å². The maximum atomic E-state index is 13.6. The second-order valence-corrected chi connectivity index (χ2v) is 5.34. The largest absolute Gasteiger partial charge is 0.399 e. The lowest BCUT2D eigenvalue weighted by Crippen LogP contribution is -2.36. The molecule has 1 rings (SSSR count). The van der Waals surface area contributed by atoms with Gasteiger partial charge in [0.15, 0.2) is 0 Å². The van der Waals surface area contributed by atoms with Crippen molar-refractivity contribution < 1.29 is 9.18 Å². The molecular weight excluding hydrogens is 251 g/mol.